The van der Waals surface area contributed by atoms with Crippen LogP contribution < -0.4 is 0 Å². The fourth-order valence-electron chi connectivity index (χ4n) is 1.80. The van der Waals surface area contributed by atoms with E-state index < -0.39 is 29.6 Å². The van der Waals surface area contributed by atoms with Crippen molar-refractivity contribution in [3.05, 3.63) is 4.91 Å². The molecule has 1 N–H and O–H groups in total. The van der Waals surface area contributed by atoms with Crippen LogP contribution in [0, 0.1) is 10.8 Å². The maximum absolute atomic E-state index is 11.8. The summed E-state index contributed by atoms with van der Waals surface area (Å²) in [5.74, 6) is -2.07. The van der Waals surface area contributed by atoms with Crippen LogP contribution >= 0.6 is 0 Å². The Labute approximate surface area is 105 Å². The Morgan fingerprint density at radius 1 is 1.39 bits per heavy atom. The highest BCUT2D eigenvalue weighted by molar-refractivity contribution is 5.74. The van der Waals surface area contributed by atoms with Gasteiger partial charge < -0.3 is 14.7 Å². The summed E-state index contributed by atoms with van der Waals surface area (Å²) in [6.45, 7) is 5.45. The van der Waals surface area contributed by atoms with Crippen LogP contribution in [0.3, 0.4) is 0 Å². The minimum atomic E-state index is -1.12. The van der Waals surface area contributed by atoms with Crippen LogP contribution in [0.15, 0.2) is 5.18 Å². The molecule has 1 fully saturated rings. The van der Waals surface area contributed by atoms with Crippen LogP contribution in [0.4, 0.5) is 4.79 Å². The first-order valence-corrected chi connectivity index (χ1v) is 5.78. The number of nitrogens with zero attached hydrogens (tertiary/aromatic N) is 2. The molecule has 0 radical (unpaired) electrons. The van der Waals surface area contributed by atoms with Crippen molar-refractivity contribution >= 4 is 12.1 Å². The van der Waals surface area contributed by atoms with Crippen molar-refractivity contribution in [1.29, 1.82) is 0 Å². The Hall–Kier alpha value is -1.66. The summed E-state index contributed by atoms with van der Waals surface area (Å²) in [5.41, 5.74) is -0.629. The minimum Gasteiger partial charge on any atom is -0.481 e. The Morgan fingerprint density at radius 3 is 2.44 bits per heavy atom. The molecule has 1 rings (SSSR count). The predicted octanol–water partition coefficient (Wildman–Crippen LogP) is 1.46. The monoisotopic (exact) mass is 258 g/mol. The van der Waals surface area contributed by atoms with Gasteiger partial charge in [-0.25, -0.2) is 4.79 Å². The SMILES string of the molecule is CC(C)(C)OC(=O)N1CC[C@@H](N=O)[C@@H](C(=O)O)C1. The number of amides is 1. The van der Waals surface area contributed by atoms with Gasteiger partial charge in [0.25, 0.3) is 0 Å². The molecule has 0 aromatic carbocycles. The Balaban J connectivity index is 2.68. The first kappa shape index (κ1) is 14.4. The summed E-state index contributed by atoms with van der Waals surface area (Å²) in [5, 5.41) is 11.8. The van der Waals surface area contributed by atoms with E-state index in [4.69, 9.17) is 9.84 Å². The van der Waals surface area contributed by atoms with E-state index in [2.05, 4.69) is 5.18 Å². The number of carbonyl (C=O) groups excluding carboxylic acids is 1. The van der Waals surface area contributed by atoms with Gasteiger partial charge in [-0.1, -0.05) is 5.18 Å². The number of hydrogen-bond acceptors (Lipinski definition) is 5. The van der Waals surface area contributed by atoms with E-state index in [1.807, 2.05) is 0 Å². The second kappa shape index (κ2) is 5.32. The van der Waals surface area contributed by atoms with E-state index in [1.165, 1.54) is 4.90 Å². The molecule has 0 aromatic rings. The molecule has 0 saturated carbocycles. The predicted molar refractivity (Wildman–Crippen MR) is 63.1 cm³/mol. The van der Waals surface area contributed by atoms with Gasteiger partial charge in [0.1, 0.15) is 17.6 Å². The lowest BCUT2D eigenvalue weighted by Gasteiger charge is -2.34. The third-order valence-corrected chi connectivity index (χ3v) is 2.68. The van der Waals surface area contributed by atoms with Crippen molar-refractivity contribution < 1.29 is 19.4 Å². The maximum atomic E-state index is 11.8. The second-order valence-electron chi connectivity index (χ2n) is 5.33. The smallest absolute Gasteiger partial charge is 0.410 e. The molecule has 1 heterocycles. The molecule has 7 nitrogen and oxygen atoms in total. The van der Waals surface area contributed by atoms with Crippen LogP contribution in [0.2, 0.25) is 0 Å². The lowest BCUT2D eigenvalue weighted by molar-refractivity contribution is -0.144. The number of piperidine rings is 1. The highest BCUT2D eigenvalue weighted by Crippen LogP contribution is 2.22. The number of carboxylic acids is 1. The molecule has 0 spiro atoms. The summed E-state index contributed by atoms with van der Waals surface area (Å²) in [7, 11) is 0. The van der Waals surface area contributed by atoms with E-state index in [9.17, 15) is 14.5 Å². The molecule has 0 bridgehead atoms. The van der Waals surface area contributed by atoms with Crippen LogP contribution in [-0.4, -0.2) is 46.8 Å². The Bertz CT molecular complexity index is 350. The first-order chi connectivity index (χ1) is 8.24. The lowest BCUT2D eigenvalue weighted by Crippen LogP contribution is -2.49. The second-order valence-corrected chi connectivity index (χ2v) is 5.33. The number of aliphatic carboxylic acids is 1. The molecule has 18 heavy (non-hydrogen) atoms. The van der Waals surface area contributed by atoms with E-state index >= 15 is 0 Å². The lowest BCUT2D eigenvalue weighted by atomic mass is 9.93. The van der Waals surface area contributed by atoms with Crippen molar-refractivity contribution in [1.82, 2.24) is 4.90 Å². The molecule has 1 saturated heterocycles. The van der Waals surface area contributed by atoms with E-state index in [1.54, 1.807) is 20.8 Å². The zero-order chi connectivity index (χ0) is 13.9. The molecular weight excluding hydrogens is 240 g/mol. The number of rotatable bonds is 2. The van der Waals surface area contributed by atoms with Gasteiger partial charge in [0.15, 0.2) is 0 Å². The van der Waals surface area contributed by atoms with Gasteiger partial charge in [-0.15, -0.1) is 0 Å². The highest BCUT2D eigenvalue weighted by atomic mass is 16.6. The Morgan fingerprint density at radius 2 is 2.00 bits per heavy atom. The average Bonchev–Trinajstić information content (AvgIpc) is 2.25. The van der Waals surface area contributed by atoms with Crippen LogP contribution in [0.25, 0.3) is 0 Å². The zero-order valence-corrected chi connectivity index (χ0v) is 10.8. The highest BCUT2D eigenvalue weighted by Gasteiger charge is 2.38. The summed E-state index contributed by atoms with van der Waals surface area (Å²) in [4.78, 5) is 34.6. The van der Waals surface area contributed by atoms with Crippen molar-refractivity contribution in [2.45, 2.75) is 38.8 Å². The standard InChI is InChI=1S/C11H18N2O5/c1-11(2,3)18-10(16)13-5-4-8(12-17)7(6-13)9(14)15/h7-8H,4-6H2,1-3H3,(H,14,15)/t7-,8+/m0/s1. The molecule has 1 aliphatic rings. The molecule has 7 heteroatoms. The third kappa shape index (κ3) is 3.68. The molecule has 0 aromatic heterocycles. The normalized spacial score (nSPS) is 24.5. The number of carbonyl (C=O) groups is 2. The van der Waals surface area contributed by atoms with E-state index in [0.29, 0.717) is 0 Å². The van der Waals surface area contributed by atoms with Crippen LogP contribution in [0.5, 0.6) is 0 Å². The van der Waals surface area contributed by atoms with E-state index in [0.717, 1.165) is 0 Å². The van der Waals surface area contributed by atoms with Gasteiger partial charge in [0.2, 0.25) is 0 Å². The van der Waals surface area contributed by atoms with Gasteiger partial charge >= 0.3 is 12.1 Å². The van der Waals surface area contributed by atoms with Crippen molar-refractivity contribution in [3.8, 4) is 0 Å². The summed E-state index contributed by atoms with van der Waals surface area (Å²) in [6, 6.07) is -0.777. The van der Waals surface area contributed by atoms with Gasteiger partial charge in [0, 0.05) is 13.1 Å². The number of carboxylic acid groups (broad SMARTS) is 1. The summed E-state index contributed by atoms with van der Waals surface area (Å²) < 4.78 is 5.16. The topological polar surface area (TPSA) is 96.3 Å². The first-order valence-electron chi connectivity index (χ1n) is 5.78. The summed E-state index contributed by atoms with van der Waals surface area (Å²) in [6.07, 6.45) is -0.308. The minimum absolute atomic E-state index is 0.0410. The molecule has 2 atom stereocenters. The zero-order valence-electron chi connectivity index (χ0n) is 10.8. The van der Waals surface area contributed by atoms with E-state index in [-0.39, 0.29) is 19.5 Å². The quantitative estimate of drug-likeness (QED) is 0.756. The van der Waals surface area contributed by atoms with Gasteiger partial charge in [-0.05, 0) is 27.2 Å². The molecular formula is C11H18N2O5. The van der Waals surface area contributed by atoms with Crippen LogP contribution in [-0.2, 0) is 9.53 Å². The van der Waals surface area contributed by atoms with Crippen molar-refractivity contribution in [2.24, 2.45) is 11.1 Å². The van der Waals surface area contributed by atoms with Crippen molar-refractivity contribution in [2.75, 3.05) is 13.1 Å². The molecule has 0 unspecified atom stereocenters. The summed E-state index contributed by atoms with van der Waals surface area (Å²) >= 11 is 0. The fraction of sp³-hybridized carbons (Fsp3) is 0.818. The van der Waals surface area contributed by atoms with Crippen molar-refractivity contribution in [3.63, 3.8) is 0 Å². The van der Waals surface area contributed by atoms with Gasteiger partial charge in [-0.3, -0.25) is 4.79 Å². The van der Waals surface area contributed by atoms with Crippen LogP contribution in [0.1, 0.15) is 27.2 Å². The maximum Gasteiger partial charge on any atom is 0.410 e. The molecule has 1 aliphatic heterocycles. The fourth-order valence-corrected chi connectivity index (χ4v) is 1.80. The number of hydrogen-bond donors (Lipinski definition) is 1. The molecule has 1 amide bonds. The van der Waals surface area contributed by atoms with Gasteiger partial charge in [0.05, 0.1) is 0 Å². The number of ether oxygens (including phenoxy) is 1. The third-order valence-electron chi connectivity index (χ3n) is 2.68. The number of likely N-dealkylation sites (tertiary alicyclic amines) is 1. The molecule has 102 valence electrons. The molecule has 0 aliphatic carbocycles. The largest absolute Gasteiger partial charge is 0.481 e. The van der Waals surface area contributed by atoms with Gasteiger partial charge in [-0.2, -0.15) is 4.91 Å². The average molecular weight is 258 g/mol. The Kier molecular flexibility index (Phi) is 4.26. The number of nitroso groups, excluding NO2 is 1.